The summed E-state index contributed by atoms with van der Waals surface area (Å²) in [5.74, 6) is -0.491. The maximum absolute atomic E-state index is 12.2. The van der Waals surface area contributed by atoms with E-state index in [1.165, 1.54) is 19.1 Å². The van der Waals surface area contributed by atoms with E-state index >= 15 is 0 Å². The van der Waals surface area contributed by atoms with Crippen LogP contribution in [0.1, 0.15) is 18.1 Å². The average molecular weight is 325 g/mol. The number of amides is 1. The zero-order valence-electron chi connectivity index (χ0n) is 13.1. The van der Waals surface area contributed by atoms with Gasteiger partial charge in [0.25, 0.3) is 5.91 Å². The second kappa shape index (κ2) is 7.24. The van der Waals surface area contributed by atoms with Gasteiger partial charge < -0.3 is 10.1 Å². The van der Waals surface area contributed by atoms with Crippen LogP contribution in [-0.4, -0.2) is 16.9 Å². The number of nitriles is 1. The molecule has 2 aromatic rings. The Morgan fingerprint density at radius 2 is 2.04 bits per heavy atom. The van der Waals surface area contributed by atoms with Gasteiger partial charge in [0.2, 0.25) is 0 Å². The first-order chi connectivity index (χ1) is 11.4. The van der Waals surface area contributed by atoms with E-state index in [0.717, 1.165) is 0 Å². The number of anilines is 1. The standard InChI is InChI=1S/C17H15N3O4/c1-11-7-8-16(15(9-11)20(22)23)24-12(2)17(21)19-14-6-4-3-5-13(14)10-18/h3-9,12H,1-2H3,(H,19,21)/t12-/m1/s1. The molecule has 0 aliphatic carbocycles. The van der Waals surface area contributed by atoms with Crippen molar-refractivity contribution in [1.82, 2.24) is 0 Å². The first kappa shape index (κ1) is 17.0. The highest BCUT2D eigenvalue weighted by molar-refractivity contribution is 5.95. The van der Waals surface area contributed by atoms with Crippen LogP contribution in [0.4, 0.5) is 11.4 Å². The molecule has 2 rings (SSSR count). The third-order valence-electron chi connectivity index (χ3n) is 3.29. The van der Waals surface area contributed by atoms with Gasteiger partial charge in [-0.05, 0) is 37.6 Å². The number of benzene rings is 2. The molecule has 0 saturated carbocycles. The van der Waals surface area contributed by atoms with E-state index in [-0.39, 0.29) is 11.4 Å². The van der Waals surface area contributed by atoms with Gasteiger partial charge in [-0.25, -0.2) is 0 Å². The van der Waals surface area contributed by atoms with E-state index in [4.69, 9.17) is 10.00 Å². The van der Waals surface area contributed by atoms with E-state index in [2.05, 4.69) is 5.32 Å². The summed E-state index contributed by atoms with van der Waals surface area (Å²) in [5, 5.41) is 22.7. The number of hydrogen-bond donors (Lipinski definition) is 1. The Bertz CT molecular complexity index is 827. The van der Waals surface area contributed by atoms with Gasteiger partial charge in [-0.1, -0.05) is 18.2 Å². The van der Waals surface area contributed by atoms with Gasteiger partial charge in [0.1, 0.15) is 6.07 Å². The molecule has 7 heteroatoms. The zero-order chi connectivity index (χ0) is 17.7. The summed E-state index contributed by atoms with van der Waals surface area (Å²) < 4.78 is 5.43. The zero-order valence-corrected chi connectivity index (χ0v) is 13.1. The number of nitrogens with zero attached hydrogens (tertiary/aromatic N) is 2. The lowest BCUT2D eigenvalue weighted by molar-refractivity contribution is -0.386. The number of carbonyl (C=O) groups excluding carboxylic acids is 1. The lowest BCUT2D eigenvalue weighted by Crippen LogP contribution is -2.30. The molecule has 122 valence electrons. The molecule has 1 atom stereocenters. The van der Waals surface area contributed by atoms with Gasteiger partial charge in [-0.15, -0.1) is 0 Å². The fraction of sp³-hybridized carbons (Fsp3) is 0.176. The molecule has 0 spiro atoms. The Hall–Kier alpha value is -3.40. The summed E-state index contributed by atoms with van der Waals surface area (Å²) in [6, 6.07) is 13.0. The third kappa shape index (κ3) is 3.87. The number of nitrogens with one attached hydrogen (secondary N) is 1. The summed E-state index contributed by atoms with van der Waals surface area (Å²) in [7, 11) is 0. The van der Waals surface area contributed by atoms with Crippen molar-refractivity contribution in [2.45, 2.75) is 20.0 Å². The molecule has 7 nitrogen and oxygen atoms in total. The van der Waals surface area contributed by atoms with Crippen LogP contribution in [0.3, 0.4) is 0 Å². The summed E-state index contributed by atoms with van der Waals surface area (Å²) in [5.41, 5.74) is 1.19. The van der Waals surface area contributed by atoms with Crippen LogP contribution in [0.15, 0.2) is 42.5 Å². The Morgan fingerprint density at radius 3 is 2.71 bits per heavy atom. The number of rotatable bonds is 5. The lowest BCUT2D eigenvalue weighted by atomic mass is 10.2. The number of nitro benzene ring substituents is 1. The summed E-state index contributed by atoms with van der Waals surface area (Å²) >= 11 is 0. The average Bonchev–Trinajstić information content (AvgIpc) is 2.56. The topological polar surface area (TPSA) is 105 Å². The molecule has 2 aromatic carbocycles. The van der Waals surface area contributed by atoms with E-state index < -0.39 is 16.9 Å². The number of para-hydroxylation sites is 1. The molecule has 1 N–H and O–H groups in total. The van der Waals surface area contributed by atoms with Crippen LogP contribution in [0.25, 0.3) is 0 Å². The summed E-state index contributed by atoms with van der Waals surface area (Å²) in [6.45, 7) is 3.21. The first-order valence-corrected chi connectivity index (χ1v) is 7.14. The van der Waals surface area contributed by atoms with Crippen molar-refractivity contribution >= 4 is 17.3 Å². The number of hydrogen-bond acceptors (Lipinski definition) is 5. The molecule has 0 bridgehead atoms. The molecule has 0 aromatic heterocycles. The van der Waals surface area contributed by atoms with Crippen molar-refractivity contribution in [3.8, 4) is 11.8 Å². The smallest absolute Gasteiger partial charge is 0.311 e. The van der Waals surface area contributed by atoms with Crippen LogP contribution >= 0.6 is 0 Å². The van der Waals surface area contributed by atoms with Crippen LogP contribution in [0.2, 0.25) is 0 Å². The maximum atomic E-state index is 12.2. The second-order valence-corrected chi connectivity index (χ2v) is 5.14. The normalized spacial score (nSPS) is 11.2. The number of aryl methyl sites for hydroxylation is 1. The van der Waals surface area contributed by atoms with Crippen molar-refractivity contribution in [2.75, 3.05) is 5.32 Å². The van der Waals surface area contributed by atoms with Crippen LogP contribution in [0, 0.1) is 28.4 Å². The van der Waals surface area contributed by atoms with Gasteiger partial charge in [0.05, 0.1) is 16.2 Å². The lowest BCUT2D eigenvalue weighted by Gasteiger charge is -2.15. The summed E-state index contributed by atoms with van der Waals surface area (Å²) in [4.78, 5) is 22.7. The minimum atomic E-state index is -0.974. The fourth-order valence-corrected chi connectivity index (χ4v) is 2.04. The maximum Gasteiger partial charge on any atom is 0.311 e. The number of nitro groups is 1. The molecule has 0 aliphatic heterocycles. The molecule has 0 aliphatic rings. The Labute approximate surface area is 138 Å². The molecule has 0 fully saturated rings. The molecule has 0 radical (unpaired) electrons. The minimum Gasteiger partial charge on any atom is -0.474 e. The van der Waals surface area contributed by atoms with E-state index in [1.807, 2.05) is 6.07 Å². The molecule has 0 unspecified atom stereocenters. The Morgan fingerprint density at radius 1 is 1.33 bits per heavy atom. The van der Waals surface area contributed by atoms with E-state index in [9.17, 15) is 14.9 Å². The summed E-state index contributed by atoms with van der Waals surface area (Å²) in [6.07, 6.45) is -0.974. The first-order valence-electron chi connectivity index (χ1n) is 7.14. The number of carbonyl (C=O) groups is 1. The van der Waals surface area contributed by atoms with Crippen molar-refractivity contribution < 1.29 is 14.5 Å². The molecule has 0 saturated heterocycles. The van der Waals surface area contributed by atoms with Gasteiger partial charge in [-0.3, -0.25) is 14.9 Å². The van der Waals surface area contributed by atoms with Gasteiger partial charge >= 0.3 is 5.69 Å². The van der Waals surface area contributed by atoms with Crippen molar-refractivity contribution in [2.24, 2.45) is 0 Å². The van der Waals surface area contributed by atoms with E-state index in [0.29, 0.717) is 16.8 Å². The van der Waals surface area contributed by atoms with Gasteiger partial charge in [-0.2, -0.15) is 5.26 Å². The highest BCUT2D eigenvalue weighted by Gasteiger charge is 2.21. The second-order valence-electron chi connectivity index (χ2n) is 5.14. The quantitative estimate of drug-likeness (QED) is 0.671. The highest BCUT2D eigenvalue weighted by Crippen LogP contribution is 2.28. The van der Waals surface area contributed by atoms with Crippen LogP contribution in [-0.2, 0) is 4.79 Å². The third-order valence-corrected chi connectivity index (χ3v) is 3.29. The predicted molar refractivity (Wildman–Crippen MR) is 87.7 cm³/mol. The predicted octanol–water partition coefficient (Wildman–Crippen LogP) is 3.18. The minimum absolute atomic E-state index is 0.0156. The Balaban J connectivity index is 2.15. The van der Waals surface area contributed by atoms with Crippen molar-refractivity contribution in [3.63, 3.8) is 0 Å². The van der Waals surface area contributed by atoms with Crippen LogP contribution in [0.5, 0.6) is 5.75 Å². The van der Waals surface area contributed by atoms with Crippen molar-refractivity contribution in [3.05, 3.63) is 63.7 Å². The highest BCUT2D eigenvalue weighted by atomic mass is 16.6. The fourth-order valence-electron chi connectivity index (χ4n) is 2.04. The van der Waals surface area contributed by atoms with Gasteiger partial charge in [0.15, 0.2) is 11.9 Å². The molecule has 24 heavy (non-hydrogen) atoms. The van der Waals surface area contributed by atoms with Crippen LogP contribution < -0.4 is 10.1 Å². The number of ether oxygens (including phenoxy) is 1. The molecular formula is C17H15N3O4. The van der Waals surface area contributed by atoms with E-state index in [1.54, 1.807) is 37.3 Å². The van der Waals surface area contributed by atoms with Crippen molar-refractivity contribution in [1.29, 1.82) is 5.26 Å². The monoisotopic (exact) mass is 325 g/mol. The SMILES string of the molecule is Cc1ccc(O[C@H](C)C(=O)Nc2ccccc2C#N)c([N+](=O)[O-])c1. The largest absolute Gasteiger partial charge is 0.474 e. The molecule has 0 heterocycles. The molecule has 1 amide bonds. The Kier molecular flexibility index (Phi) is 5.12. The van der Waals surface area contributed by atoms with Gasteiger partial charge in [0, 0.05) is 6.07 Å². The molecular weight excluding hydrogens is 310 g/mol.